The number of rotatable bonds is 4. The lowest BCUT2D eigenvalue weighted by Gasteiger charge is -2.34. The Labute approximate surface area is 175 Å². The topological polar surface area (TPSA) is 71.3 Å². The van der Waals surface area contributed by atoms with Crippen LogP contribution in [0.4, 0.5) is 4.39 Å². The van der Waals surface area contributed by atoms with Gasteiger partial charge in [-0.1, -0.05) is 28.9 Å². The van der Waals surface area contributed by atoms with Crippen molar-refractivity contribution in [1.82, 2.24) is 24.8 Å². The SMILES string of the molecule is O=C(c1cn(Cc2ccc(F)cc2Cl)nn1)N1CCN(C(=O)c2cccs2)CC1. The smallest absolute Gasteiger partial charge is 0.276 e. The first kappa shape index (κ1) is 19.5. The van der Waals surface area contributed by atoms with Gasteiger partial charge in [-0.25, -0.2) is 9.07 Å². The van der Waals surface area contributed by atoms with Gasteiger partial charge in [-0.3, -0.25) is 9.59 Å². The standard InChI is InChI=1S/C19H17ClFN5O2S/c20-15-10-14(21)4-3-13(15)11-26-12-16(22-23-26)18(27)24-5-7-25(8-6-24)19(28)17-2-1-9-29-17/h1-4,9-10,12H,5-8,11H2. The maximum Gasteiger partial charge on any atom is 0.276 e. The third-order valence-corrected chi connectivity index (χ3v) is 5.90. The number of aromatic nitrogens is 3. The molecule has 0 atom stereocenters. The summed E-state index contributed by atoms with van der Waals surface area (Å²) in [4.78, 5) is 29.2. The average Bonchev–Trinajstić information content (AvgIpc) is 3.41. The van der Waals surface area contributed by atoms with Gasteiger partial charge in [0.2, 0.25) is 0 Å². The molecule has 3 heterocycles. The van der Waals surface area contributed by atoms with Crippen LogP contribution in [0.25, 0.3) is 0 Å². The van der Waals surface area contributed by atoms with Crippen LogP contribution in [0.3, 0.4) is 0 Å². The summed E-state index contributed by atoms with van der Waals surface area (Å²) in [6.07, 6.45) is 1.55. The van der Waals surface area contributed by atoms with E-state index in [1.54, 1.807) is 28.1 Å². The van der Waals surface area contributed by atoms with Crippen molar-refractivity contribution in [2.45, 2.75) is 6.54 Å². The van der Waals surface area contributed by atoms with Gasteiger partial charge >= 0.3 is 0 Å². The van der Waals surface area contributed by atoms with E-state index < -0.39 is 5.82 Å². The summed E-state index contributed by atoms with van der Waals surface area (Å²) in [6, 6.07) is 7.78. The van der Waals surface area contributed by atoms with Crippen LogP contribution < -0.4 is 0 Å². The van der Waals surface area contributed by atoms with Gasteiger partial charge in [0.05, 0.1) is 17.6 Å². The summed E-state index contributed by atoms with van der Waals surface area (Å²) in [5.41, 5.74) is 0.902. The van der Waals surface area contributed by atoms with Crippen molar-refractivity contribution in [2.24, 2.45) is 0 Å². The Morgan fingerprint density at radius 1 is 1.10 bits per heavy atom. The monoisotopic (exact) mass is 433 g/mol. The molecule has 4 rings (SSSR count). The number of carbonyl (C=O) groups excluding carboxylic acids is 2. The second kappa shape index (κ2) is 8.30. The Bertz CT molecular complexity index is 1030. The summed E-state index contributed by atoms with van der Waals surface area (Å²) in [7, 11) is 0. The van der Waals surface area contributed by atoms with E-state index in [0.717, 1.165) is 0 Å². The van der Waals surface area contributed by atoms with Gasteiger partial charge in [0.1, 0.15) is 5.82 Å². The lowest BCUT2D eigenvalue weighted by Crippen LogP contribution is -2.50. The van der Waals surface area contributed by atoms with Gasteiger partial charge < -0.3 is 9.80 Å². The van der Waals surface area contributed by atoms with Crippen molar-refractivity contribution in [1.29, 1.82) is 0 Å². The maximum atomic E-state index is 13.2. The molecule has 0 aliphatic carbocycles. The van der Waals surface area contributed by atoms with Crippen LogP contribution in [-0.2, 0) is 6.54 Å². The molecule has 1 aliphatic rings. The molecule has 7 nitrogen and oxygen atoms in total. The van der Waals surface area contributed by atoms with Gasteiger partial charge in [0, 0.05) is 31.2 Å². The first-order chi connectivity index (χ1) is 14.0. The third-order valence-electron chi connectivity index (χ3n) is 4.69. The number of thiophene rings is 1. The number of benzene rings is 1. The number of amides is 2. The molecule has 0 bridgehead atoms. The van der Waals surface area contributed by atoms with E-state index in [0.29, 0.717) is 41.6 Å². The van der Waals surface area contributed by atoms with Crippen molar-refractivity contribution in [3.8, 4) is 0 Å². The van der Waals surface area contributed by atoms with Crippen LogP contribution in [0, 0.1) is 5.82 Å². The van der Waals surface area contributed by atoms with E-state index in [-0.39, 0.29) is 24.1 Å². The lowest BCUT2D eigenvalue weighted by atomic mass is 10.2. The Morgan fingerprint density at radius 2 is 1.83 bits per heavy atom. The number of halogens is 2. The molecule has 3 aromatic rings. The zero-order chi connectivity index (χ0) is 20.4. The summed E-state index contributed by atoms with van der Waals surface area (Å²) < 4.78 is 14.7. The average molecular weight is 434 g/mol. The zero-order valence-electron chi connectivity index (χ0n) is 15.3. The fraction of sp³-hybridized carbons (Fsp3) is 0.263. The molecule has 29 heavy (non-hydrogen) atoms. The molecule has 0 N–H and O–H groups in total. The summed E-state index contributed by atoms with van der Waals surface area (Å²) in [6.45, 7) is 2.10. The number of hydrogen-bond acceptors (Lipinski definition) is 5. The van der Waals surface area contributed by atoms with Gasteiger partial charge in [0.15, 0.2) is 5.69 Å². The Kier molecular flexibility index (Phi) is 5.59. The first-order valence-corrected chi connectivity index (χ1v) is 10.2. The minimum Gasteiger partial charge on any atom is -0.334 e. The van der Waals surface area contributed by atoms with Crippen LogP contribution in [0.5, 0.6) is 0 Å². The molecule has 0 saturated carbocycles. The van der Waals surface area contributed by atoms with E-state index in [9.17, 15) is 14.0 Å². The van der Waals surface area contributed by atoms with Crippen LogP contribution >= 0.6 is 22.9 Å². The normalized spacial score (nSPS) is 14.3. The number of piperazine rings is 1. The minimum atomic E-state index is -0.412. The molecule has 2 aromatic heterocycles. The summed E-state index contributed by atoms with van der Waals surface area (Å²) in [5, 5.41) is 10.1. The highest BCUT2D eigenvalue weighted by Crippen LogP contribution is 2.18. The van der Waals surface area contributed by atoms with Crippen LogP contribution in [0.2, 0.25) is 5.02 Å². The second-order valence-corrected chi connectivity index (χ2v) is 7.95. The number of hydrogen-bond donors (Lipinski definition) is 0. The van der Waals surface area contributed by atoms with Crippen molar-refractivity contribution in [2.75, 3.05) is 26.2 Å². The fourth-order valence-electron chi connectivity index (χ4n) is 3.13. The third kappa shape index (κ3) is 4.30. The Hall–Kier alpha value is -2.78. The molecule has 0 spiro atoms. The quantitative estimate of drug-likeness (QED) is 0.634. The van der Waals surface area contributed by atoms with Gasteiger partial charge in [-0.05, 0) is 29.1 Å². The second-order valence-electron chi connectivity index (χ2n) is 6.60. The number of carbonyl (C=O) groups is 2. The fourth-order valence-corrected chi connectivity index (χ4v) is 4.05. The summed E-state index contributed by atoms with van der Waals surface area (Å²) in [5.74, 6) is -0.649. The Morgan fingerprint density at radius 3 is 2.48 bits per heavy atom. The van der Waals surface area contributed by atoms with Crippen LogP contribution in [0.1, 0.15) is 25.7 Å². The molecular formula is C19H17ClFN5O2S. The summed E-state index contributed by atoms with van der Waals surface area (Å²) >= 11 is 7.45. The first-order valence-electron chi connectivity index (χ1n) is 8.97. The molecule has 1 fully saturated rings. The highest BCUT2D eigenvalue weighted by molar-refractivity contribution is 7.12. The molecule has 10 heteroatoms. The molecular weight excluding hydrogens is 417 g/mol. The highest BCUT2D eigenvalue weighted by Gasteiger charge is 2.27. The van der Waals surface area contributed by atoms with Crippen molar-refractivity contribution >= 4 is 34.8 Å². The van der Waals surface area contributed by atoms with Gasteiger partial charge in [-0.15, -0.1) is 16.4 Å². The molecule has 1 aliphatic heterocycles. The zero-order valence-corrected chi connectivity index (χ0v) is 16.9. The van der Waals surface area contributed by atoms with E-state index in [2.05, 4.69) is 10.3 Å². The lowest BCUT2D eigenvalue weighted by molar-refractivity contribution is 0.0535. The van der Waals surface area contributed by atoms with E-state index in [4.69, 9.17) is 11.6 Å². The van der Waals surface area contributed by atoms with Crippen LogP contribution in [-0.4, -0.2) is 62.8 Å². The highest BCUT2D eigenvalue weighted by atomic mass is 35.5. The van der Waals surface area contributed by atoms with Gasteiger partial charge in [0.25, 0.3) is 11.8 Å². The predicted octanol–water partition coefficient (Wildman–Crippen LogP) is 2.78. The van der Waals surface area contributed by atoms with Crippen molar-refractivity contribution in [3.05, 3.63) is 68.9 Å². The largest absolute Gasteiger partial charge is 0.334 e. The molecule has 0 radical (unpaired) electrons. The molecule has 1 aromatic carbocycles. The number of nitrogens with zero attached hydrogens (tertiary/aromatic N) is 5. The minimum absolute atomic E-state index is 0.00535. The van der Waals surface area contributed by atoms with E-state index in [1.807, 2.05) is 11.4 Å². The van der Waals surface area contributed by atoms with E-state index in [1.165, 1.54) is 28.2 Å². The molecule has 1 saturated heterocycles. The van der Waals surface area contributed by atoms with E-state index >= 15 is 0 Å². The van der Waals surface area contributed by atoms with Crippen molar-refractivity contribution < 1.29 is 14.0 Å². The predicted molar refractivity (Wildman–Crippen MR) is 107 cm³/mol. The molecule has 2 amide bonds. The van der Waals surface area contributed by atoms with Crippen LogP contribution in [0.15, 0.2) is 41.9 Å². The molecule has 0 unspecified atom stereocenters. The maximum absolute atomic E-state index is 13.2. The Balaban J connectivity index is 1.36. The van der Waals surface area contributed by atoms with Crippen molar-refractivity contribution in [3.63, 3.8) is 0 Å². The van der Waals surface area contributed by atoms with Gasteiger partial charge in [-0.2, -0.15) is 0 Å². The molecule has 150 valence electrons.